The number of aromatic hydroxyl groups is 2. The van der Waals surface area contributed by atoms with E-state index in [-0.39, 0.29) is 18.1 Å². The van der Waals surface area contributed by atoms with Crippen LogP contribution in [-0.2, 0) is 0 Å². The second kappa shape index (κ2) is 10.7. The second-order valence-corrected chi connectivity index (χ2v) is 5.52. The van der Waals surface area contributed by atoms with Crippen molar-refractivity contribution in [1.82, 2.24) is 0 Å². The number of aliphatic hydroxyl groups excluding tert-OH is 1. The van der Waals surface area contributed by atoms with Crippen molar-refractivity contribution in [3.8, 4) is 11.5 Å². The van der Waals surface area contributed by atoms with Gasteiger partial charge in [0.25, 0.3) is 0 Å². The molecule has 0 aliphatic heterocycles. The van der Waals surface area contributed by atoms with Crippen LogP contribution in [0.3, 0.4) is 0 Å². The molecule has 0 heterocycles. The zero-order valence-electron chi connectivity index (χ0n) is 15.3. The molecule has 3 nitrogen and oxygen atoms in total. The molecule has 0 unspecified atom stereocenters. The van der Waals surface area contributed by atoms with E-state index in [1.54, 1.807) is 24.3 Å². The lowest BCUT2D eigenvalue weighted by Crippen LogP contribution is -1.90. The Bertz CT molecular complexity index is 720. The topological polar surface area (TPSA) is 60.7 Å². The highest BCUT2D eigenvalue weighted by molar-refractivity contribution is 6.04. The largest absolute Gasteiger partial charge is 0.508 e. The van der Waals surface area contributed by atoms with Crippen molar-refractivity contribution in [3.63, 3.8) is 0 Å². The lowest BCUT2D eigenvalue weighted by Gasteiger charge is -2.13. The van der Waals surface area contributed by atoms with Crippen molar-refractivity contribution in [2.24, 2.45) is 0 Å². The van der Waals surface area contributed by atoms with Gasteiger partial charge >= 0.3 is 0 Å². The smallest absolute Gasteiger partial charge is 0.115 e. The Hall–Kier alpha value is -3.04. The van der Waals surface area contributed by atoms with Crippen molar-refractivity contribution in [3.05, 3.63) is 96.6 Å². The number of allylic oxidation sites excluding steroid dienone is 4. The molecule has 2 aromatic carbocycles. The van der Waals surface area contributed by atoms with Crippen LogP contribution >= 0.6 is 0 Å². The van der Waals surface area contributed by atoms with Crippen LogP contribution in [0.1, 0.15) is 25.0 Å². The molecule has 0 fully saturated rings. The van der Waals surface area contributed by atoms with Gasteiger partial charge in [0.2, 0.25) is 0 Å². The molecular weight excluding hydrogens is 324 g/mol. The summed E-state index contributed by atoms with van der Waals surface area (Å²) in [6.45, 7) is 10.8. The molecule has 0 aliphatic rings. The maximum absolute atomic E-state index is 9.39. The Morgan fingerprint density at radius 3 is 1.35 bits per heavy atom. The highest BCUT2D eigenvalue weighted by Gasteiger charge is 2.09. The van der Waals surface area contributed by atoms with Gasteiger partial charge in [0.05, 0.1) is 6.61 Å². The predicted octanol–water partition coefficient (Wildman–Crippen LogP) is 5.33. The quantitative estimate of drug-likeness (QED) is 0.639. The van der Waals surface area contributed by atoms with Gasteiger partial charge in [-0.1, -0.05) is 55.7 Å². The van der Waals surface area contributed by atoms with Crippen LogP contribution in [0.25, 0.3) is 11.1 Å². The average Bonchev–Trinajstić information content (AvgIpc) is 2.67. The minimum atomic E-state index is 0.0174. The molecule has 0 aliphatic carbocycles. The van der Waals surface area contributed by atoms with E-state index < -0.39 is 0 Å². The summed E-state index contributed by atoms with van der Waals surface area (Å²) < 4.78 is 0. The van der Waals surface area contributed by atoms with E-state index in [4.69, 9.17) is 5.11 Å². The lowest BCUT2D eigenvalue weighted by molar-refractivity contribution is 0.335. The third kappa shape index (κ3) is 6.11. The van der Waals surface area contributed by atoms with Gasteiger partial charge in [-0.05, 0) is 66.0 Å². The van der Waals surface area contributed by atoms with Crippen LogP contribution in [0, 0.1) is 0 Å². The average molecular weight is 350 g/mol. The van der Waals surface area contributed by atoms with Crippen molar-refractivity contribution in [1.29, 1.82) is 0 Å². The number of benzene rings is 2. The Morgan fingerprint density at radius 1 is 0.808 bits per heavy atom. The number of aliphatic hydroxyl groups is 1. The summed E-state index contributed by atoms with van der Waals surface area (Å²) in [6, 6.07) is 14.3. The van der Waals surface area contributed by atoms with Crippen LogP contribution in [-0.4, -0.2) is 21.9 Å². The monoisotopic (exact) mass is 350 g/mol. The first-order valence-corrected chi connectivity index (χ1v) is 8.29. The summed E-state index contributed by atoms with van der Waals surface area (Å²) in [5.74, 6) is 0.520. The number of phenols is 2. The van der Waals surface area contributed by atoms with Crippen LogP contribution in [0.5, 0.6) is 11.5 Å². The van der Waals surface area contributed by atoms with Crippen molar-refractivity contribution in [2.75, 3.05) is 6.61 Å². The van der Waals surface area contributed by atoms with Gasteiger partial charge in [-0.25, -0.2) is 0 Å². The summed E-state index contributed by atoms with van der Waals surface area (Å²) in [5, 5.41) is 26.9. The molecule has 2 aromatic rings. The van der Waals surface area contributed by atoms with Crippen LogP contribution in [0.2, 0.25) is 0 Å². The van der Waals surface area contributed by atoms with Crippen LogP contribution in [0.15, 0.2) is 85.5 Å². The van der Waals surface area contributed by atoms with E-state index in [9.17, 15) is 10.2 Å². The fraction of sp³-hybridized carbons (Fsp3) is 0.130. The fourth-order valence-electron chi connectivity index (χ4n) is 2.30. The molecule has 0 saturated carbocycles. The summed E-state index contributed by atoms with van der Waals surface area (Å²) >= 11 is 0. The molecule has 0 saturated heterocycles. The van der Waals surface area contributed by atoms with Crippen LogP contribution < -0.4 is 0 Å². The molecule has 0 spiro atoms. The van der Waals surface area contributed by atoms with E-state index in [1.165, 1.54) is 6.08 Å². The first-order chi connectivity index (χ1) is 12.5. The molecule has 26 heavy (non-hydrogen) atoms. The highest BCUT2D eigenvalue weighted by atomic mass is 16.3. The zero-order valence-corrected chi connectivity index (χ0v) is 15.3. The lowest BCUT2D eigenvalue weighted by atomic mass is 9.92. The molecule has 3 N–H and O–H groups in total. The fourth-order valence-corrected chi connectivity index (χ4v) is 2.30. The predicted molar refractivity (Wildman–Crippen MR) is 110 cm³/mol. The summed E-state index contributed by atoms with van der Waals surface area (Å²) in [4.78, 5) is 0. The van der Waals surface area contributed by atoms with E-state index in [0.717, 1.165) is 22.3 Å². The third-order valence-corrected chi connectivity index (χ3v) is 3.72. The summed E-state index contributed by atoms with van der Waals surface area (Å²) in [6.07, 6.45) is 5.63. The van der Waals surface area contributed by atoms with Gasteiger partial charge in [-0.3, -0.25) is 0 Å². The molecule has 0 atom stereocenters. The van der Waals surface area contributed by atoms with Gasteiger partial charge in [0.15, 0.2) is 0 Å². The number of rotatable bonds is 5. The summed E-state index contributed by atoms with van der Waals surface area (Å²) in [7, 11) is 0. The molecule has 0 aromatic heterocycles. The highest BCUT2D eigenvalue weighted by Crippen LogP contribution is 2.32. The van der Waals surface area contributed by atoms with Gasteiger partial charge in [0, 0.05) is 0 Å². The van der Waals surface area contributed by atoms with Gasteiger partial charge < -0.3 is 15.3 Å². The maximum Gasteiger partial charge on any atom is 0.115 e. The molecule has 136 valence electrons. The first-order valence-electron chi connectivity index (χ1n) is 8.29. The van der Waals surface area contributed by atoms with Gasteiger partial charge in [0.1, 0.15) is 11.5 Å². The maximum atomic E-state index is 9.39. The number of phenolic OH excluding ortho intramolecular Hbond substituents is 2. The molecule has 3 heteroatoms. The van der Waals surface area contributed by atoms with Crippen molar-refractivity contribution < 1.29 is 15.3 Å². The Kier molecular flexibility index (Phi) is 8.68. The SMILES string of the molecule is C/C=C(/C(=C/C)c1ccc(O)cc1)c1ccc(O)cc1.C=CC(=C)CO. The molecule has 0 amide bonds. The Labute approximate surface area is 155 Å². The number of hydrogen-bond acceptors (Lipinski definition) is 3. The molecule has 0 radical (unpaired) electrons. The first kappa shape index (κ1) is 21.0. The van der Waals surface area contributed by atoms with Crippen LogP contribution in [0.4, 0.5) is 0 Å². The van der Waals surface area contributed by atoms with E-state index in [2.05, 4.69) is 25.3 Å². The normalized spacial score (nSPS) is 11.3. The van der Waals surface area contributed by atoms with Crippen molar-refractivity contribution >= 4 is 11.1 Å². The summed E-state index contributed by atoms with van der Waals surface area (Å²) in [5.41, 5.74) is 4.95. The Balaban J connectivity index is 0.000000487. The van der Waals surface area contributed by atoms with Gasteiger partial charge in [-0.15, -0.1) is 0 Å². The molecular formula is C23H26O3. The third-order valence-electron chi connectivity index (χ3n) is 3.72. The van der Waals surface area contributed by atoms with E-state index in [1.807, 2.05) is 38.1 Å². The van der Waals surface area contributed by atoms with E-state index >= 15 is 0 Å². The van der Waals surface area contributed by atoms with E-state index in [0.29, 0.717) is 5.57 Å². The molecule has 2 rings (SSSR count). The molecule has 0 bridgehead atoms. The minimum Gasteiger partial charge on any atom is -0.508 e. The standard InChI is InChI=1S/C18H18O2.C5H8O/c1-3-17(13-5-9-15(19)10-6-13)18(4-2)14-7-11-16(20)12-8-14;1-3-5(2)4-6/h3-12,19-20H,1-2H3;3,6H,1-2,4H2/b17-3+,18-4+;. The zero-order chi connectivity index (χ0) is 19.5. The van der Waals surface area contributed by atoms with Crippen molar-refractivity contribution in [2.45, 2.75) is 13.8 Å². The Morgan fingerprint density at radius 2 is 1.15 bits per heavy atom. The number of hydrogen-bond donors (Lipinski definition) is 3. The second-order valence-electron chi connectivity index (χ2n) is 5.52. The minimum absolute atomic E-state index is 0.0174. The van der Waals surface area contributed by atoms with Gasteiger partial charge in [-0.2, -0.15) is 0 Å².